The molecule has 0 aliphatic rings. The third-order valence-electron chi connectivity index (χ3n) is 2.11. The minimum absolute atomic E-state index is 0.0874. The molecule has 2 N–H and O–H groups in total. The van der Waals surface area contributed by atoms with Crippen LogP contribution in [0.15, 0.2) is 18.2 Å². The van der Waals surface area contributed by atoms with Gasteiger partial charge in [-0.15, -0.1) is 0 Å². The first-order valence-electron chi connectivity index (χ1n) is 5.10. The smallest absolute Gasteiger partial charge is 0.121 e. The Bertz CT molecular complexity index is 310. The number of ether oxygens (including phenoxy) is 2. The SMILES string of the molecule is COc1ccc(COCC(C)N)cc1C. The van der Waals surface area contributed by atoms with Crippen LogP contribution in [-0.2, 0) is 11.3 Å². The number of nitrogens with two attached hydrogens (primary N) is 1. The highest BCUT2D eigenvalue weighted by Gasteiger charge is 2.00. The zero-order chi connectivity index (χ0) is 11.3. The van der Waals surface area contributed by atoms with Gasteiger partial charge in [0.15, 0.2) is 0 Å². The lowest BCUT2D eigenvalue weighted by Gasteiger charge is -2.09. The van der Waals surface area contributed by atoms with Crippen LogP contribution in [0.2, 0.25) is 0 Å². The average Bonchev–Trinajstić information content (AvgIpc) is 2.17. The second-order valence-corrected chi connectivity index (χ2v) is 3.80. The van der Waals surface area contributed by atoms with E-state index in [1.165, 1.54) is 0 Å². The fourth-order valence-electron chi connectivity index (χ4n) is 1.39. The number of rotatable bonds is 5. The van der Waals surface area contributed by atoms with Crippen LogP contribution in [0.4, 0.5) is 0 Å². The summed E-state index contributed by atoms with van der Waals surface area (Å²) >= 11 is 0. The van der Waals surface area contributed by atoms with E-state index in [0.29, 0.717) is 13.2 Å². The Morgan fingerprint density at radius 3 is 2.67 bits per heavy atom. The molecule has 0 bridgehead atoms. The van der Waals surface area contributed by atoms with E-state index >= 15 is 0 Å². The molecule has 0 saturated carbocycles. The largest absolute Gasteiger partial charge is 0.496 e. The lowest BCUT2D eigenvalue weighted by molar-refractivity contribution is 0.111. The molecule has 0 radical (unpaired) electrons. The molecule has 0 aliphatic heterocycles. The molecule has 1 aromatic carbocycles. The Morgan fingerprint density at radius 2 is 2.13 bits per heavy atom. The molecular weight excluding hydrogens is 190 g/mol. The van der Waals surface area contributed by atoms with Crippen LogP contribution in [0.25, 0.3) is 0 Å². The topological polar surface area (TPSA) is 44.5 Å². The van der Waals surface area contributed by atoms with Crippen molar-refractivity contribution in [2.45, 2.75) is 26.5 Å². The predicted molar refractivity (Wildman–Crippen MR) is 61.0 cm³/mol. The number of hydrogen-bond donors (Lipinski definition) is 1. The third-order valence-corrected chi connectivity index (χ3v) is 2.11. The highest BCUT2D eigenvalue weighted by Crippen LogP contribution is 2.18. The van der Waals surface area contributed by atoms with Crippen molar-refractivity contribution in [3.05, 3.63) is 29.3 Å². The van der Waals surface area contributed by atoms with Crippen LogP contribution < -0.4 is 10.5 Å². The van der Waals surface area contributed by atoms with Gasteiger partial charge in [0, 0.05) is 6.04 Å². The van der Waals surface area contributed by atoms with Gasteiger partial charge in [-0.05, 0) is 31.0 Å². The molecule has 0 heterocycles. The Balaban J connectivity index is 2.52. The Labute approximate surface area is 91.2 Å². The average molecular weight is 209 g/mol. The van der Waals surface area contributed by atoms with Crippen LogP contribution in [0.3, 0.4) is 0 Å². The molecule has 1 rings (SSSR count). The van der Waals surface area contributed by atoms with Crippen molar-refractivity contribution in [2.75, 3.05) is 13.7 Å². The van der Waals surface area contributed by atoms with E-state index < -0.39 is 0 Å². The van der Waals surface area contributed by atoms with E-state index in [4.69, 9.17) is 15.2 Å². The minimum atomic E-state index is 0.0874. The maximum absolute atomic E-state index is 5.59. The van der Waals surface area contributed by atoms with Crippen LogP contribution >= 0.6 is 0 Å². The summed E-state index contributed by atoms with van der Waals surface area (Å²) in [5, 5.41) is 0. The molecule has 3 nitrogen and oxygen atoms in total. The zero-order valence-corrected chi connectivity index (χ0v) is 9.62. The van der Waals surface area contributed by atoms with Crippen molar-refractivity contribution >= 4 is 0 Å². The van der Waals surface area contributed by atoms with Crippen LogP contribution in [-0.4, -0.2) is 19.8 Å². The molecule has 0 aromatic heterocycles. The van der Waals surface area contributed by atoms with Gasteiger partial charge in [-0.3, -0.25) is 0 Å². The number of aryl methyl sites for hydroxylation is 1. The van der Waals surface area contributed by atoms with Crippen molar-refractivity contribution in [2.24, 2.45) is 5.73 Å². The van der Waals surface area contributed by atoms with Gasteiger partial charge in [0.1, 0.15) is 5.75 Å². The number of methoxy groups -OCH3 is 1. The van der Waals surface area contributed by atoms with E-state index in [-0.39, 0.29) is 6.04 Å². The lowest BCUT2D eigenvalue weighted by Crippen LogP contribution is -2.21. The third kappa shape index (κ3) is 3.90. The van der Waals surface area contributed by atoms with Gasteiger partial charge in [0.2, 0.25) is 0 Å². The highest BCUT2D eigenvalue weighted by atomic mass is 16.5. The maximum atomic E-state index is 5.59. The first-order valence-corrected chi connectivity index (χ1v) is 5.10. The van der Waals surface area contributed by atoms with Gasteiger partial charge in [-0.1, -0.05) is 12.1 Å². The van der Waals surface area contributed by atoms with Gasteiger partial charge in [0.05, 0.1) is 20.3 Å². The molecule has 0 amide bonds. The molecule has 1 atom stereocenters. The Hall–Kier alpha value is -1.06. The summed E-state index contributed by atoms with van der Waals surface area (Å²) in [5.41, 5.74) is 7.86. The number of hydrogen-bond acceptors (Lipinski definition) is 3. The fourth-order valence-corrected chi connectivity index (χ4v) is 1.39. The first-order chi connectivity index (χ1) is 7.13. The van der Waals surface area contributed by atoms with Crippen molar-refractivity contribution in [3.63, 3.8) is 0 Å². The maximum Gasteiger partial charge on any atom is 0.121 e. The van der Waals surface area contributed by atoms with Gasteiger partial charge in [-0.2, -0.15) is 0 Å². The molecule has 84 valence electrons. The van der Waals surface area contributed by atoms with Crippen LogP contribution in [0.5, 0.6) is 5.75 Å². The molecule has 0 fully saturated rings. The van der Waals surface area contributed by atoms with Crippen molar-refractivity contribution < 1.29 is 9.47 Å². The minimum Gasteiger partial charge on any atom is -0.496 e. The summed E-state index contributed by atoms with van der Waals surface area (Å²) < 4.78 is 10.6. The summed E-state index contributed by atoms with van der Waals surface area (Å²) in [6.45, 7) is 5.14. The molecular formula is C12H19NO2. The number of benzene rings is 1. The second kappa shape index (κ2) is 5.73. The van der Waals surface area contributed by atoms with Crippen LogP contribution in [0.1, 0.15) is 18.1 Å². The van der Waals surface area contributed by atoms with Gasteiger partial charge < -0.3 is 15.2 Å². The van der Waals surface area contributed by atoms with E-state index in [9.17, 15) is 0 Å². The molecule has 1 unspecified atom stereocenters. The lowest BCUT2D eigenvalue weighted by atomic mass is 10.1. The molecule has 0 spiro atoms. The fraction of sp³-hybridized carbons (Fsp3) is 0.500. The normalized spacial score (nSPS) is 12.5. The predicted octanol–water partition coefficient (Wildman–Crippen LogP) is 1.87. The molecule has 3 heteroatoms. The standard InChI is InChI=1S/C12H19NO2/c1-9-6-11(4-5-12(9)14-3)8-15-7-10(2)13/h4-6,10H,7-8,13H2,1-3H3. The van der Waals surface area contributed by atoms with Crippen molar-refractivity contribution in [1.82, 2.24) is 0 Å². The van der Waals surface area contributed by atoms with E-state index in [2.05, 4.69) is 6.07 Å². The van der Waals surface area contributed by atoms with E-state index in [0.717, 1.165) is 16.9 Å². The van der Waals surface area contributed by atoms with E-state index in [1.54, 1.807) is 7.11 Å². The highest BCUT2D eigenvalue weighted by molar-refractivity contribution is 5.35. The summed E-state index contributed by atoms with van der Waals surface area (Å²) in [5.74, 6) is 0.908. The summed E-state index contributed by atoms with van der Waals surface area (Å²) in [7, 11) is 1.68. The van der Waals surface area contributed by atoms with Crippen molar-refractivity contribution in [3.8, 4) is 5.75 Å². The van der Waals surface area contributed by atoms with Crippen molar-refractivity contribution in [1.29, 1.82) is 0 Å². The Kier molecular flexibility index (Phi) is 4.59. The molecule has 15 heavy (non-hydrogen) atoms. The quantitative estimate of drug-likeness (QED) is 0.805. The van der Waals surface area contributed by atoms with Gasteiger partial charge in [0.25, 0.3) is 0 Å². The van der Waals surface area contributed by atoms with Gasteiger partial charge >= 0.3 is 0 Å². The summed E-state index contributed by atoms with van der Waals surface area (Å²) in [6.07, 6.45) is 0. The van der Waals surface area contributed by atoms with Crippen LogP contribution in [0, 0.1) is 6.92 Å². The molecule has 0 aliphatic carbocycles. The summed E-state index contributed by atoms with van der Waals surface area (Å²) in [4.78, 5) is 0. The van der Waals surface area contributed by atoms with Gasteiger partial charge in [-0.25, -0.2) is 0 Å². The van der Waals surface area contributed by atoms with E-state index in [1.807, 2.05) is 26.0 Å². The Morgan fingerprint density at radius 1 is 1.40 bits per heavy atom. The molecule has 0 saturated heterocycles. The monoisotopic (exact) mass is 209 g/mol. The zero-order valence-electron chi connectivity index (χ0n) is 9.62. The summed E-state index contributed by atoms with van der Waals surface area (Å²) in [6, 6.07) is 6.12. The first kappa shape index (κ1) is 12.0. The second-order valence-electron chi connectivity index (χ2n) is 3.80. The molecule has 1 aromatic rings.